The van der Waals surface area contributed by atoms with Crippen LogP contribution in [0.25, 0.3) is 10.9 Å². The first-order valence-electron chi connectivity index (χ1n) is 5.40. The first kappa shape index (κ1) is 10.7. The molecule has 0 fully saturated rings. The predicted octanol–water partition coefficient (Wildman–Crippen LogP) is 3.42. The Kier molecular flexibility index (Phi) is 2.91. The number of aromatic nitrogens is 1. The van der Waals surface area contributed by atoms with E-state index in [1.54, 1.807) is 0 Å². The molecule has 2 aromatic rings. The van der Waals surface area contributed by atoms with E-state index in [2.05, 4.69) is 11.1 Å². The van der Waals surface area contributed by atoms with Crippen LogP contribution in [0.3, 0.4) is 0 Å². The highest BCUT2D eigenvalue weighted by atomic mass is 16.1. The molecule has 82 valence electrons. The van der Waals surface area contributed by atoms with Crippen LogP contribution in [0.4, 0.5) is 0 Å². The number of aldehydes is 1. The molecule has 0 aliphatic heterocycles. The van der Waals surface area contributed by atoms with Gasteiger partial charge in [-0.15, -0.1) is 6.58 Å². The first-order chi connectivity index (χ1) is 7.72. The van der Waals surface area contributed by atoms with Crippen molar-refractivity contribution in [2.45, 2.75) is 19.9 Å². The molecule has 2 rings (SSSR count). The number of nitrogens with zero attached hydrogens (tertiary/aromatic N) is 1. The lowest BCUT2D eigenvalue weighted by molar-refractivity contribution is 0.112. The summed E-state index contributed by atoms with van der Waals surface area (Å²) in [5, 5.41) is 1.03. The number of hydrogen-bond donors (Lipinski definition) is 0. The number of carbonyl (C=O) groups is 1. The topological polar surface area (TPSA) is 22.0 Å². The monoisotopic (exact) mass is 213 g/mol. The Bertz CT molecular complexity index is 537. The van der Waals surface area contributed by atoms with Crippen molar-refractivity contribution in [3.63, 3.8) is 0 Å². The van der Waals surface area contributed by atoms with E-state index < -0.39 is 0 Å². The highest BCUT2D eigenvalue weighted by Crippen LogP contribution is 2.19. The van der Waals surface area contributed by atoms with Gasteiger partial charge in [-0.1, -0.05) is 17.7 Å². The van der Waals surface area contributed by atoms with Gasteiger partial charge in [0.2, 0.25) is 0 Å². The minimum atomic E-state index is 0.756. The number of rotatable bonds is 4. The lowest BCUT2D eigenvalue weighted by Crippen LogP contribution is -1.96. The summed E-state index contributed by atoms with van der Waals surface area (Å²) in [6.45, 7) is 6.85. The fourth-order valence-corrected chi connectivity index (χ4v) is 1.86. The molecule has 0 bridgehead atoms. The molecule has 0 aliphatic rings. The average molecular weight is 213 g/mol. The van der Waals surface area contributed by atoms with Gasteiger partial charge in [0.15, 0.2) is 6.29 Å². The Hall–Kier alpha value is -1.83. The fraction of sp³-hybridized carbons (Fsp3) is 0.214. The molecule has 0 unspecified atom stereocenters. The van der Waals surface area contributed by atoms with Gasteiger partial charge in [0, 0.05) is 29.2 Å². The number of benzene rings is 1. The maximum absolute atomic E-state index is 10.9. The lowest BCUT2D eigenvalue weighted by Gasteiger charge is -2.05. The number of fused-ring (bicyclic) bond motifs is 1. The van der Waals surface area contributed by atoms with Crippen LogP contribution in [-0.2, 0) is 6.54 Å². The molecule has 0 saturated carbocycles. The lowest BCUT2D eigenvalue weighted by atomic mass is 10.1. The van der Waals surface area contributed by atoms with E-state index in [-0.39, 0.29) is 0 Å². The molecule has 0 saturated heterocycles. The number of hydrogen-bond acceptors (Lipinski definition) is 1. The summed E-state index contributed by atoms with van der Waals surface area (Å²) in [7, 11) is 0. The molecule has 16 heavy (non-hydrogen) atoms. The normalized spacial score (nSPS) is 10.6. The second-order valence-electron chi connectivity index (χ2n) is 4.11. The van der Waals surface area contributed by atoms with Gasteiger partial charge in [-0.3, -0.25) is 4.79 Å². The van der Waals surface area contributed by atoms with Gasteiger partial charge in [-0.2, -0.15) is 0 Å². The van der Waals surface area contributed by atoms with Gasteiger partial charge >= 0.3 is 0 Å². The van der Waals surface area contributed by atoms with Crippen molar-refractivity contribution in [2.75, 3.05) is 0 Å². The average Bonchev–Trinajstić information content (AvgIpc) is 2.69. The van der Waals surface area contributed by atoms with Crippen molar-refractivity contribution >= 4 is 17.2 Å². The number of carbonyl (C=O) groups excluding carboxylic acids is 1. The molecule has 0 spiro atoms. The summed E-state index contributed by atoms with van der Waals surface area (Å²) in [6, 6.07) is 7.81. The molecule has 1 aromatic heterocycles. The van der Waals surface area contributed by atoms with E-state index in [0.717, 1.165) is 35.7 Å². The van der Waals surface area contributed by atoms with Crippen LogP contribution in [0.15, 0.2) is 42.6 Å². The second-order valence-corrected chi connectivity index (χ2v) is 4.11. The summed E-state index contributed by atoms with van der Waals surface area (Å²) in [5.74, 6) is 0. The predicted molar refractivity (Wildman–Crippen MR) is 66.8 cm³/mol. The molecule has 2 heteroatoms. The third-order valence-corrected chi connectivity index (χ3v) is 2.75. The van der Waals surface area contributed by atoms with Crippen molar-refractivity contribution in [2.24, 2.45) is 0 Å². The van der Waals surface area contributed by atoms with Crippen molar-refractivity contribution in [3.8, 4) is 0 Å². The van der Waals surface area contributed by atoms with Crippen LogP contribution in [0.5, 0.6) is 0 Å². The summed E-state index contributed by atoms with van der Waals surface area (Å²) in [5.41, 5.74) is 3.05. The largest absolute Gasteiger partial charge is 0.347 e. The van der Waals surface area contributed by atoms with Crippen molar-refractivity contribution in [3.05, 3.63) is 48.2 Å². The molecule has 1 heterocycles. The van der Waals surface area contributed by atoms with E-state index in [4.69, 9.17) is 0 Å². The third-order valence-electron chi connectivity index (χ3n) is 2.75. The summed E-state index contributed by atoms with van der Waals surface area (Å²) in [6.07, 6.45) is 3.90. The highest BCUT2D eigenvalue weighted by Gasteiger charge is 2.04. The second kappa shape index (κ2) is 4.35. The third kappa shape index (κ3) is 1.91. The van der Waals surface area contributed by atoms with E-state index >= 15 is 0 Å². The van der Waals surface area contributed by atoms with Gasteiger partial charge in [0.25, 0.3) is 0 Å². The van der Waals surface area contributed by atoms with E-state index in [1.807, 2.05) is 37.4 Å². The smallest absolute Gasteiger partial charge is 0.150 e. The van der Waals surface area contributed by atoms with Gasteiger partial charge < -0.3 is 4.57 Å². The Morgan fingerprint density at radius 3 is 2.94 bits per heavy atom. The number of allylic oxidation sites excluding steroid dienone is 1. The zero-order valence-electron chi connectivity index (χ0n) is 9.44. The molecule has 0 N–H and O–H groups in total. The Balaban J connectivity index is 2.41. The van der Waals surface area contributed by atoms with Crippen LogP contribution in [0.2, 0.25) is 0 Å². The Labute approximate surface area is 95.2 Å². The maximum atomic E-state index is 10.9. The molecule has 0 atom stereocenters. The molecule has 0 amide bonds. The minimum Gasteiger partial charge on any atom is -0.347 e. The fourth-order valence-electron chi connectivity index (χ4n) is 1.86. The SMILES string of the molecule is C=C(C)CCn1ccc2c(C=O)cccc21. The highest BCUT2D eigenvalue weighted by molar-refractivity contribution is 5.97. The molecule has 0 radical (unpaired) electrons. The molecule has 1 aromatic carbocycles. The van der Waals surface area contributed by atoms with Crippen LogP contribution in [0, 0.1) is 0 Å². The quantitative estimate of drug-likeness (QED) is 0.563. The summed E-state index contributed by atoms with van der Waals surface area (Å²) < 4.78 is 2.16. The van der Waals surface area contributed by atoms with Crippen LogP contribution in [0.1, 0.15) is 23.7 Å². The van der Waals surface area contributed by atoms with Gasteiger partial charge in [-0.25, -0.2) is 0 Å². The first-order valence-corrected chi connectivity index (χ1v) is 5.40. The van der Waals surface area contributed by atoms with Crippen LogP contribution < -0.4 is 0 Å². The minimum absolute atomic E-state index is 0.756. The van der Waals surface area contributed by atoms with Crippen molar-refractivity contribution in [1.82, 2.24) is 4.57 Å². The zero-order chi connectivity index (χ0) is 11.5. The van der Waals surface area contributed by atoms with E-state index in [0.29, 0.717) is 0 Å². The Morgan fingerprint density at radius 1 is 1.44 bits per heavy atom. The molecule has 2 nitrogen and oxygen atoms in total. The molecule has 0 aliphatic carbocycles. The van der Waals surface area contributed by atoms with E-state index in [9.17, 15) is 4.79 Å². The Morgan fingerprint density at radius 2 is 2.25 bits per heavy atom. The standard InChI is InChI=1S/C14H15NO/c1-11(2)6-8-15-9-7-13-12(10-16)4-3-5-14(13)15/h3-5,7,9-10H,1,6,8H2,2H3. The van der Waals surface area contributed by atoms with Gasteiger partial charge in [0.05, 0.1) is 0 Å². The van der Waals surface area contributed by atoms with Gasteiger partial charge in [0.1, 0.15) is 0 Å². The molecular weight excluding hydrogens is 198 g/mol. The zero-order valence-corrected chi connectivity index (χ0v) is 9.44. The van der Waals surface area contributed by atoms with Gasteiger partial charge in [-0.05, 0) is 25.5 Å². The van der Waals surface area contributed by atoms with Crippen LogP contribution >= 0.6 is 0 Å². The van der Waals surface area contributed by atoms with E-state index in [1.165, 1.54) is 5.57 Å². The summed E-state index contributed by atoms with van der Waals surface area (Å²) >= 11 is 0. The van der Waals surface area contributed by atoms with Crippen molar-refractivity contribution in [1.29, 1.82) is 0 Å². The maximum Gasteiger partial charge on any atom is 0.150 e. The van der Waals surface area contributed by atoms with Crippen LogP contribution in [-0.4, -0.2) is 10.9 Å². The van der Waals surface area contributed by atoms with Crippen molar-refractivity contribution < 1.29 is 4.79 Å². The number of aryl methyl sites for hydroxylation is 1. The molecular formula is C14H15NO. The summed E-state index contributed by atoms with van der Waals surface area (Å²) in [4.78, 5) is 10.9.